The Kier molecular flexibility index (Phi) is 2.11. The van der Waals surface area contributed by atoms with Gasteiger partial charge in [-0.25, -0.2) is 4.79 Å². The first-order chi connectivity index (χ1) is 6.77. The number of imidazole rings is 1. The number of rotatable bonds is 3. The zero-order valence-electron chi connectivity index (χ0n) is 8.16. The van der Waals surface area contributed by atoms with Crippen LogP contribution in [0.15, 0.2) is 16.4 Å². The number of nitrogens with zero attached hydrogens (tertiary/aromatic N) is 2. The summed E-state index contributed by atoms with van der Waals surface area (Å²) in [6.45, 7) is 3.72. The van der Waals surface area contributed by atoms with E-state index in [1.54, 1.807) is 23.9 Å². The van der Waals surface area contributed by atoms with Crippen molar-refractivity contribution in [3.63, 3.8) is 0 Å². The molecule has 1 aromatic heterocycles. The fourth-order valence-electron chi connectivity index (χ4n) is 1.61. The lowest BCUT2D eigenvalue weighted by atomic mass is 10.3. The van der Waals surface area contributed by atoms with Crippen molar-refractivity contribution in [1.82, 2.24) is 9.55 Å². The van der Waals surface area contributed by atoms with E-state index in [0.29, 0.717) is 6.04 Å². The summed E-state index contributed by atoms with van der Waals surface area (Å²) in [6.07, 6.45) is 5.52. The highest BCUT2D eigenvalue weighted by molar-refractivity contribution is 5.81. The standard InChI is InChI=1S/C10H13N3O/c1-3-9-8(6-11-2)12-10(14)13(9)7-4-5-7/h3,6-7H,1,4-5H2,2H3,(H,12,14). The number of aromatic nitrogens is 2. The average molecular weight is 191 g/mol. The molecule has 1 N–H and O–H groups in total. The summed E-state index contributed by atoms with van der Waals surface area (Å²) in [4.78, 5) is 18.2. The van der Waals surface area contributed by atoms with Crippen LogP contribution in [0.3, 0.4) is 0 Å². The summed E-state index contributed by atoms with van der Waals surface area (Å²) in [5.41, 5.74) is 1.54. The first kappa shape index (κ1) is 8.99. The van der Waals surface area contributed by atoms with Crippen LogP contribution in [-0.2, 0) is 0 Å². The molecule has 0 unspecified atom stereocenters. The van der Waals surface area contributed by atoms with E-state index in [2.05, 4.69) is 16.6 Å². The Morgan fingerprint density at radius 1 is 1.64 bits per heavy atom. The maximum Gasteiger partial charge on any atom is 0.326 e. The number of aromatic amines is 1. The molecule has 0 saturated heterocycles. The number of hydrogen-bond acceptors (Lipinski definition) is 2. The van der Waals surface area contributed by atoms with Crippen molar-refractivity contribution >= 4 is 12.3 Å². The van der Waals surface area contributed by atoms with E-state index >= 15 is 0 Å². The second-order valence-corrected chi connectivity index (χ2v) is 3.42. The van der Waals surface area contributed by atoms with Gasteiger partial charge in [0.1, 0.15) is 0 Å². The molecule has 1 aliphatic rings. The Bertz CT molecular complexity index is 435. The number of H-pyrrole nitrogens is 1. The van der Waals surface area contributed by atoms with E-state index in [1.807, 2.05) is 0 Å². The lowest BCUT2D eigenvalue weighted by Gasteiger charge is -2.00. The summed E-state index contributed by atoms with van der Waals surface area (Å²) in [5.74, 6) is 0. The van der Waals surface area contributed by atoms with Crippen LogP contribution in [0.2, 0.25) is 0 Å². The highest BCUT2D eigenvalue weighted by atomic mass is 16.1. The molecule has 0 radical (unpaired) electrons. The van der Waals surface area contributed by atoms with Crippen LogP contribution in [0.25, 0.3) is 6.08 Å². The van der Waals surface area contributed by atoms with Gasteiger partial charge in [-0.15, -0.1) is 0 Å². The molecule has 0 bridgehead atoms. The fraction of sp³-hybridized carbons (Fsp3) is 0.400. The number of hydrogen-bond donors (Lipinski definition) is 1. The second kappa shape index (κ2) is 3.29. The third-order valence-corrected chi connectivity index (χ3v) is 2.36. The Morgan fingerprint density at radius 3 is 2.86 bits per heavy atom. The third kappa shape index (κ3) is 1.32. The molecule has 2 rings (SSSR count). The SMILES string of the molecule is C=Cc1c(C=NC)[nH]c(=O)n1C1CC1. The van der Waals surface area contributed by atoms with Gasteiger partial charge >= 0.3 is 5.69 Å². The zero-order valence-corrected chi connectivity index (χ0v) is 8.16. The van der Waals surface area contributed by atoms with E-state index < -0.39 is 0 Å². The molecular weight excluding hydrogens is 178 g/mol. The minimum atomic E-state index is -0.0581. The Labute approximate surface area is 82.0 Å². The molecule has 1 heterocycles. The van der Waals surface area contributed by atoms with Crippen molar-refractivity contribution in [3.05, 3.63) is 28.5 Å². The molecule has 0 spiro atoms. The summed E-state index contributed by atoms with van der Waals surface area (Å²) < 4.78 is 1.77. The summed E-state index contributed by atoms with van der Waals surface area (Å²) >= 11 is 0. The van der Waals surface area contributed by atoms with Crippen molar-refractivity contribution in [1.29, 1.82) is 0 Å². The molecule has 0 aromatic carbocycles. The topological polar surface area (TPSA) is 50.1 Å². The quantitative estimate of drug-likeness (QED) is 0.717. The van der Waals surface area contributed by atoms with Crippen molar-refractivity contribution in [2.75, 3.05) is 7.05 Å². The Balaban J connectivity index is 2.57. The van der Waals surface area contributed by atoms with Gasteiger partial charge in [-0.3, -0.25) is 9.56 Å². The summed E-state index contributed by atoms with van der Waals surface area (Å²) in [5, 5.41) is 0. The molecule has 0 atom stereocenters. The van der Waals surface area contributed by atoms with Gasteiger partial charge in [0.15, 0.2) is 0 Å². The van der Waals surface area contributed by atoms with Crippen LogP contribution < -0.4 is 5.69 Å². The van der Waals surface area contributed by atoms with Crippen LogP contribution in [0.5, 0.6) is 0 Å². The van der Waals surface area contributed by atoms with E-state index in [1.165, 1.54) is 0 Å². The monoisotopic (exact) mass is 191 g/mol. The van der Waals surface area contributed by atoms with Gasteiger partial charge < -0.3 is 4.98 Å². The number of nitrogens with one attached hydrogen (secondary N) is 1. The molecule has 4 heteroatoms. The van der Waals surface area contributed by atoms with E-state index in [9.17, 15) is 4.79 Å². The lowest BCUT2D eigenvalue weighted by molar-refractivity contribution is 0.704. The maximum atomic E-state index is 11.6. The Morgan fingerprint density at radius 2 is 2.36 bits per heavy atom. The van der Waals surface area contributed by atoms with Gasteiger partial charge in [0, 0.05) is 19.3 Å². The average Bonchev–Trinajstić information content (AvgIpc) is 2.93. The first-order valence-corrected chi connectivity index (χ1v) is 4.67. The van der Waals surface area contributed by atoms with Crippen LogP contribution >= 0.6 is 0 Å². The van der Waals surface area contributed by atoms with Crippen molar-refractivity contribution in [3.8, 4) is 0 Å². The maximum absolute atomic E-state index is 11.6. The zero-order chi connectivity index (χ0) is 10.1. The molecule has 74 valence electrons. The van der Waals surface area contributed by atoms with Gasteiger partial charge in [0.05, 0.1) is 11.4 Å². The second-order valence-electron chi connectivity index (χ2n) is 3.42. The van der Waals surface area contributed by atoms with Crippen molar-refractivity contribution in [2.45, 2.75) is 18.9 Å². The first-order valence-electron chi connectivity index (χ1n) is 4.67. The minimum Gasteiger partial charge on any atom is -0.304 e. The molecule has 0 amide bonds. The van der Waals surface area contributed by atoms with Gasteiger partial charge in [0.25, 0.3) is 0 Å². The van der Waals surface area contributed by atoms with E-state index in [0.717, 1.165) is 24.2 Å². The molecule has 1 aromatic rings. The molecule has 1 fully saturated rings. The molecule has 1 saturated carbocycles. The predicted molar refractivity (Wildman–Crippen MR) is 56.9 cm³/mol. The predicted octanol–water partition coefficient (Wildman–Crippen LogP) is 1.20. The van der Waals surface area contributed by atoms with Gasteiger partial charge in [-0.05, 0) is 18.9 Å². The highest BCUT2D eigenvalue weighted by Gasteiger charge is 2.28. The van der Waals surface area contributed by atoms with Crippen LogP contribution in [0.4, 0.5) is 0 Å². The van der Waals surface area contributed by atoms with Gasteiger partial charge in [0.2, 0.25) is 0 Å². The largest absolute Gasteiger partial charge is 0.326 e. The van der Waals surface area contributed by atoms with Crippen LogP contribution in [0, 0.1) is 0 Å². The summed E-state index contributed by atoms with van der Waals surface area (Å²) in [6, 6.07) is 0.366. The smallest absolute Gasteiger partial charge is 0.304 e. The van der Waals surface area contributed by atoms with Gasteiger partial charge in [-0.1, -0.05) is 6.58 Å². The number of aliphatic imine (C=N–C) groups is 1. The third-order valence-electron chi connectivity index (χ3n) is 2.36. The molecular formula is C10H13N3O. The normalized spacial score (nSPS) is 16.4. The van der Waals surface area contributed by atoms with Crippen LogP contribution in [-0.4, -0.2) is 22.8 Å². The Hall–Kier alpha value is -1.58. The van der Waals surface area contributed by atoms with E-state index in [4.69, 9.17) is 0 Å². The summed E-state index contributed by atoms with van der Waals surface area (Å²) in [7, 11) is 1.68. The molecule has 0 aliphatic heterocycles. The van der Waals surface area contributed by atoms with Crippen LogP contribution in [0.1, 0.15) is 30.3 Å². The minimum absolute atomic E-state index is 0.0581. The lowest BCUT2D eigenvalue weighted by Crippen LogP contribution is -2.16. The van der Waals surface area contributed by atoms with E-state index in [-0.39, 0.29) is 5.69 Å². The molecule has 14 heavy (non-hydrogen) atoms. The fourth-order valence-corrected chi connectivity index (χ4v) is 1.61. The van der Waals surface area contributed by atoms with Crippen molar-refractivity contribution in [2.24, 2.45) is 4.99 Å². The van der Waals surface area contributed by atoms with Gasteiger partial charge in [-0.2, -0.15) is 0 Å². The highest BCUT2D eigenvalue weighted by Crippen LogP contribution is 2.35. The molecule has 4 nitrogen and oxygen atoms in total. The molecule has 1 aliphatic carbocycles. The van der Waals surface area contributed by atoms with Crippen molar-refractivity contribution < 1.29 is 0 Å².